The fraction of sp³-hybridized carbons (Fsp3) is 0.350. The smallest absolute Gasteiger partial charge is 0.308 e. The van der Waals surface area contributed by atoms with Crippen molar-refractivity contribution in [2.24, 2.45) is 5.92 Å². The quantitative estimate of drug-likeness (QED) is 0.552. The second-order valence-electron chi connectivity index (χ2n) is 6.66. The molecule has 0 saturated heterocycles. The number of nitrogens with zero attached hydrogens (tertiary/aromatic N) is 1. The van der Waals surface area contributed by atoms with Gasteiger partial charge in [0.15, 0.2) is 0 Å². The first kappa shape index (κ1) is 21.4. The van der Waals surface area contributed by atoms with Crippen LogP contribution in [0.25, 0.3) is 0 Å². The van der Waals surface area contributed by atoms with Crippen LogP contribution in [0.15, 0.2) is 53.0 Å². The zero-order chi connectivity index (χ0) is 20.0. The number of amides is 1. The first-order valence-corrected chi connectivity index (χ1v) is 11.1. The Kier molecular flexibility index (Phi) is 7.44. The number of rotatable bonds is 8. The van der Waals surface area contributed by atoms with Crippen molar-refractivity contribution in [2.75, 3.05) is 12.3 Å². The van der Waals surface area contributed by atoms with Gasteiger partial charge in [-0.3, -0.25) is 4.79 Å². The monoisotopic (exact) mass is 453 g/mol. The molecule has 0 aromatic heterocycles. The fourth-order valence-electron chi connectivity index (χ4n) is 2.56. The predicted molar refractivity (Wildman–Crippen MR) is 110 cm³/mol. The Morgan fingerprint density at radius 2 is 1.81 bits per heavy atom. The lowest BCUT2D eigenvalue weighted by molar-refractivity contribution is 0.0722. The van der Waals surface area contributed by atoms with Crippen LogP contribution < -0.4 is 4.18 Å². The van der Waals surface area contributed by atoms with Gasteiger partial charge in [-0.05, 0) is 54.8 Å². The van der Waals surface area contributed by atoms with Crippen molar-refractivity contribution in [3.63, 3.8) is 0 Å². The Morgan fingerprint density at radius 1 is 1.15 bits per heavy atom. The molecule has 0 atom stereocenters. The van der Waals surface area contributed by atoms with Gasteiger partial charge in [0, 0.05) is 23.1 Å². The summed E-state index contributed by atoms with van der Waals surface area (Å²) in [5.41, 5.74) is 1.42. The van der Waals surface area contributed by atoms with Crippen LogP contribution in [0, 0.1) is 5.92 Å². The summed E-state index contributed by atoms with van der Waals surface area (Å²) >= 11 is 3.38. The Hall–Kier alpha value is -1.86. The Morgan fingerprint density at radius 3 is 2.41 bits per heavy atom. The van der Waals surface area contributed by atoms with Crippen molar-refractivity contribution in [3.05, 3.63) is 64.1 Å². The summed E-state index contributed by atoms with van der Waals surface area (Å²) in [7, 11) is -3.59. The first-order valence-electron chi connectivity index (χ1n) is 8.76. The van der Waals surface area contributed by atoms with E-state index in [1.54, 1.807) is 35.2 Å². The van der Waals surface area contributed by atoms with Crippen LogP contribution in [0.4, 0.5) is 0 Å². The zero-order valence-corrected chi connectivity index (χ0v) is 18.1. The maximum Gasteiger partial charge on any atom is 0.308 e. The highest BCUT2D eigenvalue weighted by atomic mass is 79.9. The van der Waals surface area contributed by atoms with E-state index in [2.05, 4.69) is 29.8 Å². The summed E-state index contributed by atoms with van der Waals surface area (Å²) in [5, 5.41) is 0. The van der Waals surface area contributed by atoms with E-state index in [1.807, 2.05) is 18.2 Å². The van der Waals surface area contributed by atoms with E-state index in [1.165, 1.54) is 6.92 Å². The molecule has 0 spiro atoms. The predicted octanol–water partition coefficient (Wildman–Crippen LogP) is 4.48. The van der Waals surface area contributed by atoms with E-state index in [4.69, 9.17) is 4.18 Å². The summed E-state index contributed by atoms with van der Waals surface area (Å²) in [4.78, 5) is 14.7. The molecule has 0 fully saturated rings. The van der Waals surface area contributed by atoms with E-state index in [-0.39, 0.29) is 17.4 Å². The van der Waals surface area contributed by atoms with Gasteiger partial charge >= 0.3 is 10.1 Å². The van der Waals surface area contributed by atoms with Crippen LogP contribution in [-0.2, 0) is 16.7 Å². The molecule has 2 aromatic rings. The molecule has 5 nitrogen and oxygen atoms in total. The van der Waals surface area contributed by atoms with Crippen molar-refractivity contribution in [2.45, 2.75) is 27.3 Å². The molecule has 2 rings (SSSR count). The molecule has 0 aliphatic heterocycles. The van der Waals surface area contributed by atoms with Crippen molar-refractivity contribution in [1.29, 1.82) is 0 Å². The SMILES string of the molecule is CCS(=O)(=O)Oc1cccc(CN(CC(C)C)C(=O)c2ccc(Br)cc2)c1. The minimum Gasteiger partial charge on any atom is -0.382 e. The average molecular weight is 454 g/mol. The number of benzene rings is 2. The molecule has 2 aromatic carbocycles. The molecule has 0 bridgehead atoms. The van der Waals surface area contributed by atoms with E-state index in [0.717, 1.165) is 10.0 Å². The molecule has 0 aliphatic rings. The lowest BCUT2D eigenvalue weighted by Crippen LogP contribution is -2.33. The molecule has 27 heavy (non-hydrogen) atoms. The van der Waals surface area contributed by atoms with Gasteiger partial charge in [0.25, 0.3) is 5.91 Å². The summed E-state index contributed by atoms with van der Waals surface area (Å²) < 4.78 is 29.3. The molecule has 146 valence electrons. The molecular weight excluding hydrogens is 430 g/mol. The maximum atomic E-state index is 12.9. The van der Waals surface area contributed by atoms with Gasteiger partial charge in [-0.15, -0.1) is 0 Å². The van der Waals surface area contributed by atoms with Crippen molar-refractivity contribution >= 4 is 32.0 Å². The van der Waals surface area contributed by atoms with Crippen LogP contribution in [0.2, 0.25) is 0 Å². The van der Waals surface area contributed by atoms with E-state index < -0.39 is 10.1 Å². The highest BCUT2D eigenvalue weighted by molar-refractivity contribution is 9.10. The number of hydrogen-bond donors (Lipinski definition) is 0. The minimum atomic E-state index is -3.59. The van der Waals surface area contributed by atoms with Crippen molar-refractivity contribution in [1.82, 2.24) is 4.90 Å². The third-order valence-electron chi connectivity index (χ3n) is 3.81. The highest BCUT2D eigenvalue weighted by Crippen LogP contribution is 2.19. The van der Waals surface area contributed by atoms with Crippen molar-refractivity contribution in [3.8, 4) is 5.75 Å². The van der Waals surface area contributed by atoms with Gasteiger partial charge < -0.3 is 9.08 Å². The molecule has 0 N–H and O–H groups in total. The van der Waals surface area contributed by atoms with Gasteiger partial charge in [0.05, 0.1) is 5.75 Å². The van der Waals surface area contributed by atoms with Gasteiger partial charge in [0.1, 0.15) is 5.75 Å². The van der Waals surface area contributed by atoms with Crippen LogP contribution in [0.3, 0.4) is 0 Å². The molecule has 0 saturated carbocycles. The average Bonchev–Trinajstić information content (AvgIpc) is 2.61. The molecule has 0 aliphatic carbocycles. The number of hydrogen-bond acceptors (Lipinski definition) is 4. The molecule has 0 heterocycles. The second-order valence-corrected chi connectivity index (χ2v) is 9.44. The normalized spacial score (nSPS) is 11.4. The molecule has 0 radical (unpaired) electrons. The third-order valence-corrected chi connectivity index (χ3v) is 5.49. The van der Waals surface area contributed by atoms with E-state index in [9.17, 15) is 13.2 Å². The van der Waals surface area contributed by atoms with Crippen LogP contribution in [0.1, 0.15) is 36.7 Å². The van der Waals surface area contributed by atoms with Gasteiger partial charge in [-0.25, -0.2) is 0 Å². The van der Waals surface area contributed by atoms with Crippen LogP contribution in [0.5, 0.6) is 5.75 Å². The Bertz CT molecular complexity index is 879. The lowest BCUT2D eigenvalue weighted by atomic mass is 10.1. The second kappa shape index (κ2) is 9.37. The molecule has 1 amide bonds. The van der Waals surface area contributed by atoms with Gasteiger partial charge in [-0.2, -0.15) is 8.42 Å². The Balaban J connectivity index is 2.23. The molecular formula is C20H24BrNO4S. The fourth-order valence-corrected chi connectivity index (χ4v) is 3.34. The maximum absolute atomic E-state index is 12.9. The van der Waals surface area contributed by atoms with Crippen LogP contribution >= 0.6 is 15.9 Å². The topological polar surface area (TPSA) is 63.7 Å². The third kappa shape index (κ3) is 6.66. The van der Waals surface area contributed by atoms with Crippen LogP contribution in [-0.4, -0.2) is 31.5 Å². The number of halogens is 1. The first-order chi connectivity index (χ1) is 12.7. The number of carbonyl (C=O) groups is 1. The minimum absolute atomic E-state index is 0.0660. The lowest BCUT2D eigenvalue weighted by Gasteiger charge is -2.25. The van der Waals surface area contributed by atoms with E-state index in [0.29, 0.717) is 24.6 Å². The summed E-state index contributed by atoms with van der Waals surface area (Å²) in [6, 6.07) is 14.1. The van der Waals surface area contributed by atoms with Crippen molar-refractivity contribution < 1.29 is 17.4 Å². The summed E-state index contributed by atoms with van der Waals surface area (Å²) in [6.07, 6.45) is 0. The number of carbonyl (C=O) groups excluding carboxylic acids is 1. The largest absolute Gasteiger partial charge is 0.382 e. The van der Waals surface area contributed by atoms with Gasteiger partial charge in [0.2, 0.25) is 0 Å². The summed E-state index contributed by atoms with van der Waals surface area (Å²) in [6.45, 7) is 6.59. The summed E-state index contributed by atoms with van der Waals surface area (Å²) in [5.74, 6) is 0.390. The molecule has 0 unspecified atom stereocenters. The van der Waals surface area contributed by atoms with Gasteiger partial charge in [-0.1, -0.05) is 41.9 Å². The standard InChI is InChI=1S/C20H24BrNO4S/c1-4-27(24,25)26-19-7-5-6-16(12-19)14-22(13-15(2)3)20(23)17-8-10-18(21)11-9-17/h5-12,15H,4,13-14H2,1-3H3. The molecule has 7 heteroatoms. The van der Waals surface area contributed by atoms with E-state index >= 15 is 0 Å². The highest BCUT2D eigenvalue weighted by Gasteiger charge is 2.18. The zero-order valence-electron chi connectivity index (χ0n) is 15.7. The Labute approximate surface area is 169 Å².